The third-order valence-electron chi connectivity index (χ3n) is 5.53. The van der Waals surface area contributed by atoms with Crippen LogP contribution in [0.15, 0.2) is 35.4 Å². The van der Waals surface area contributed by atoms with Crippen molar-refractivity contribution in [1.82, 2.24) is 9.88 Å². The zero-order valence-electron chi connectivity index (χ0n) is 17.8. The molecule has 160 valence electrons. The van der Waals surface area contributed by atoms with Crippen LogP contribution in [-0.4, -0.2) is 48.5 Å². The molecule has 2 heterocycles. The Hall–Kier alpha value is -3.07. The first-order valence-electron chi connectivity index (χ1n) is 10.4. The number of aromatic nitrogens is 1. The number of hydrogen-bond acceptors (Lipinski definition) is 7. The van der Waals surface area contributed by atoms with E-state index in [1.807, 2.05) is 37.3 Å². The van der Waals surface area contributed by atoms with Crippen molar-refractivity contribution in [2.45, 2.75) is 30.5 Å². The number of likely N-dealkylation sites (N-methyl/N-ethyl adjacent to an activating group) is 1. The maximum absolute atomic E-state index is 12.3. The van der Waals surface area contributed by atoms with Gasteiger partial charge in [-0.3, -0.25) is 4.79 Å². The van der Waals surface area contributed by atoms with Crippen LogP contribution >= 0.6 is 11.8 Å². The fourth-order valence-electron chi connectivity index (χ4n) is 3.80. The maximum atomic E-state index is 12.3. The van der Waals surface area contributed by atoms with Gasteiger partial charge in [-0.1, -0.05) is 55.9 Å². The first kappa shape index (κ1) is 22.6. The van der Waals surface area contributed by atoms with Gasteiger partial charge in [0.15, 0.2) is 0 Å². The minimum atomic E-state index is -0.678. The molecule has 8 heteroatoms. The summed E-state index contributed by atoms with van der Waals surface area (Å²) in [4.78, 5) is 21.5. The van der Waals surface area contributed by atoms with Crippen LogP contribution in [0.2, 0.25) is 0 Å². The van der Waals surface area contributed by atoms with Crippen LogP contribution in [0.5, 0.6) is 0 Å². The predicted molar refractivity (Wildman–Crippen MR) is 122 cm³/mol. The number of anilines is 1. The third-order valence-corrected chi connectivity index (χ3v) is 6.79. The van der Waals surface area contributed by atoms with Crippen molar-refractivity contribution in [3.05, 3.63) is 52.6 Å². The highest BCUT2D eigenvalue weighted by Crippen LogP contribution is 2.39. The third kappa shape index (κ3) is 4.82. The Kier molecular flexibility index (Phi) is 7.51. The van der Waals surface area contributed by atoms with Gasteiger partial charge in [0.25, 0.3) is 0 Å². The Morgan fingerprint density at radius 3 is 2.29 bits per heavy atom. The molecule has 0 aliphatic carbocycles. The summed E-state index contributed by atoms with van der Waals surface area (Å²) < 4.78 is 0. The summed E-state index contributed by atoms with van der Waals surface area (Å²) in [5, 5.41) is 19.6. The van der Waals surface area contributed by atoms with Crippen LogP contribution in [0.4, 0.5) is 5.82 Å². The average Bonchev–Trinajstić information content (AvgIpc) is 2.81. The van der Waals surface area contributed by atoms with E-state index in [0.29, 0.717) is 34.0 Å². The Bertz CT molecular complexity index is 1020. The molecule has 0 radical (unpaired) electrons. The zero-order chi connectivity index (χ0) is 22.4. The van der Waals surface area contributed by atoms with Crippen LogP contribution in [0.1, 0.15) is 41.4 Å². The summed E-state index contributed by atoms with van der Waals surface area (Å²) in [6, 6.07) is 13.7. The van der Waals surface area contributed by atoms with Crippen LogP contribution in [-0.2, 0) is 11.2 Å². The zero-order valence-corrected chi connectivity index (χ0v) is 18.7. The lowest BCUT2D eigenvalue weighted by Gasteiger charge is -2.35. The van der Waals surface area contributed by atoms with Gasteiger partial charge in [-0.25, -0.2) is 4.98 Å². The summed E-state index contributed by atoms with van der Waals surface area (Å²) >= 11 is 1.18. The summed E-state index contributed by atoms with van der Waals surface area (Å²) in [5.41, 5.74) is 7.93. The topological polar surface area (TPSA) is 110 Å². The number of piperazine rings is 1. The molecule has 1 fully saturated rings. The Labute approximate surface area is 187 Å². The fraction of sp³-hybridized carbons (Fsp3) is 0.391. The molecule has 1 atom stereocenters. The van der Waals surface area contributed by atoms with E-state index in [0.717, 1.165) is 38.3 Å². The molecule has 1 amide bonds. The van der Waals surface area contributed by atoms with Crippen LogP contribution < -0.4 is 10.6 Å². The number of nitrogens with zero attached hydrogens (tertiary/aromatic N) is 5. The van der Waals surface area contributed by atoms with Crippen molar-refractivity contribution in [2.75, 3.05) is 37.6 Å². The summed E-state index contributed by atoms with van der Waals surface area (Å²) in [6.07, 6.45) is 0.524. The van der Waals surface area contributed by atoms with E-state index in [4.69, 9.17) is 10.7 Å². The fourth-order valence-corrected chi connectivity index (χ4v) is 4.86. The molecule has 7 nitrogen and oxygen atoms in total. The molecular formula is C23H26N6OS. The first-order valence-corrected chi connectivity index (χ1v) is 11.3. The first-order chi connectivity index (χ1) is 15.0. The predicted octanol–water partition coefficient (Wildman–Crippen LogP) is 2.85. The van der Waals surface area contributed by atoms with E-state index in [-0.39, 0.29) is 0 Å². The quantitative estimate of drug-likeness (QED) is 0.667. The van der Waals surface area contributed by atoms with Gasteiger partial charge in [0.1, 0.15) is 28.2 Å². The van der Waals surface area contributed by atoms with Crippen molar-refractivity contribution in [3.8, 4) is 12.1 Å². The molecule has 1 aromatic carbocycles. The average molecular weight is 435 g/mol. The number of benzene rings is 1. The van der Waals surface area contributed by atoms with Crippen molar-refractivity contribution >= 4 is 23.5 Å². The summed E-state index contributed by atoms with van der Waals surface area (Å²) in [6.45, 7) is 8.33. The summed E-state index contributed by atoms with van der Waals surface area (Å²) in [7, 11) is 0. The molecule has 1 aliphatic heterocycles. The molecule has 1 aliphatic rings. The van der Waals surface area contributed by atoms with E-state index in [1.165, 1.54) is 11.8 Å². The van der Waals surface area contributed by atoms with Crippen LogP contribution in [0.3, 0.4) is 0 Å². The lowest BCUT2D eigenvalue weighted by molar-refractivity contribution is -0.117. The molecule has 0 bridgehead atoms. The second-order valence-corrected chi connectivity index (χ2v) is 8.37. The van der Waals surface area contributed by atoms with Gasteiger partial charge < -0.3 is 15.5 Å². The lowest BCUT2D eigenvalue weighted by atomic mass is 10.0. The van der Waals surface area contributed by atoms with Gasteiger partial charge >= 0.3 is 0 Å². The van der Waals surface area contributed by atoms with Gasteiger partial charge in [-0.05, 0) is 24.1 Å². The highest BCUT2D eigenvalue weighted by molar-refractivity contribution is 8.00. The van der Waals surface area contributed by atoms with E-state index < -0.39 is 11.2 Å². The minimum absolute atomic E-state index is 0.349. The molecule has 2 N–H and O–H groups in total. The molecule has 0 saturated carbocycles. The van der Waals surface area contributed by atoms with E-state index in [1.54, 1.807) is 0 Å². The Morgan fingerprint density at radius 2 is 1.77 bits per heavy atom. The smallest absolute Gasteiger partial charge is 0.235 e. The molecule has 1 saturated heterocycles. The number of thioether (sulfide) groups is 1. The molecule has 2 aromatic rings. The largest absolute Gasteiger partial charge is 0.368 e. The number of hydrogen-bond donors (Lipinski definition) is 1. The Balaban J connectivity index is 2.08. The number of pyridine rings is 1. The SMILES string of the molecule is CCc1c(C#N)c(SC(C(N)=O)c2ccccc2)nc(N2CCN(CC)CC2)c1C#N. The highest BCUT2D eigenvalue weighted by atomic mass is 32.2. The van der Waals surface area contributed by atoms with Crippen LogP contribution in [0.25, 0.3) is 0 Å². The number of carbonyl (C=O) groups is 1. The number of carbonyl (C=O) groups excluding carboxylic acids is 1. The lowest BCUT2D eigenvalue weighted by Crippen LogP contribution is -2.46. The maximum Gasteiger partial charge on any atom is 0.235 e. The number of nitrogens with two attached hydrogens (primary N) is 1. The molecule has 3 rings (SSSR count). The number of nitriles is 2. The van der Waals surface area contributed by atoms with E-state index >= 15 is 0 Å². The Morgan fingerprint density at radius 1 is 1.13 bits per heavy atom. The van der Waals surface area contributed by atoms with E-state index in [2.05, 4.69) is 28.9 Å². The van der Waals surface area contributed by atoms with Crippen LogP contribution in [0, 0.1) is 22.7 Å². The van der Waals surface area contributed by atoms with Crippen molar-refractivity contribution < 1.29 is 4.79 Å². The van der Waals surface area contributed by atoms with Gasteiger partial charge in [0.2, 0.25) is 5.91 Å². The second kappa shape index (κ2) is 10.3. The van der Waals surface area contributed by atoms with Gasteiger partial charge in [-0.2, -0.15) is 10.5 Å². The van der Waals surface area contributed by atoms with Gasteiger partial charge in [-0.15, -0.1) is 0 Å². The van der Waals surface area contributed by atoms with Crippen molar-refractivity contribution in [1.29, 1.82) is 10.5 Å². The number of amides is 1. The van der Waals surface area contributed by atoms with Crippen molar-refractivity contribution in [3.63, 3.8) is 0 Å². The molecule has 31 heavy (non-hydrogen) atoms. The summed E-state index contributed by atoms with van der Waals surface area (Å²) in [5.74, 6) is 0.0929. The standard InChI is InChI=1S/C23H26N6OS/c1-3-17-18(14-24)22(29-12-10-28(4-2)11-13-29)27-23(19(17)15-25)31-20(21(26)30)16-8-6-5-7-9-16/h5-9,20H,3-4,10-13H2,1-2H3,(H2,26,30). The molecular weight excluding hydrogens is 408 g/mol. The molecule has 0 spiro atoms. The molecule has 1 aromatic heterocycles. The van der Waals surface area contributed by atoms with Gasteiger partial charge in [0.05, 0.1) is 11.1 Å². The van der Waals surface area contributed by atoms with E-state index in [9.17, 15) is 15.3 Å². The van der Waals surface area contributed by atoms with Crippen molar-refractivity contribution in [2.24, 2.45) is 5.73 Å². The molecule has 1 unspecified atom stereocenters. The minimum Gasteiger partial charge on any atom is -0.368 e. The second-order valence-electron chi connectivity index (χ2n) is 7.28. The number of primary amides is 1. The normalized spacial score (nSPS) is 15.2. The monoisotopic (exact) mass is 434 g/mol. The number of rotatable bonds is 7. The highest BCUT2D eigenvalue weighted by Gasteiger charge is 2.28. The van der Waals surface area contributed by atoms with Gasteiger partial charge in [0, 0.05) is 26.2 Å².